The number of benzene rings is 1. The number of hydrogen-bond donors (Lipinski definition) is 1. The van der Waals surface area contributed by atoms with Crippen molar-refractivity contribution in [3.8, 4) is 0 Å². The molecule has 0 aliphatic heterocycles. The Morgan fingerprint density at radius 3 is 2.71 bits per heavy atom. The molecule has 2 rings (SSSR count). The Hall–Kier alpha value is -1.15. The monoisotopic (exact) mass is 231 g/mol. The van der Waals surface area contributed by atoms with E-state index in [0.717, 1.165) is 32.2 Å². The minimum absolute atomic E-state index is 0.271. The highest BCUT2D eigenvalue weighted by Crippen LogP contribution is 2.24. The minimum atomic E-state index is -0.271. The van der Waals surface area contributed by atoms with Gasteiger partial charge in [-0.3, -0.25) is 4.79 Å². The molecule has 1 saturated carbocycles. The summed E-state index contributed by atoms with van der Waals surface area (Å²) in [7, 11) is 0. The van der Waals surface area contributed by atoms with Gasteiger partial charge in [0.25, 0.3) is 0 Å². The van der Waals surface area contributed by atoms with Crippen molar-refractivity contribution in [2.45, 2.75) is 44.6 Å². The molecule has 1 aromatic rings. The molecule has 1 N–H and O–H groups in total. The molecule has 0 heterocycles. The fourth-order valence-electron chi connectivity index (χ4n) is 2.49. The molecule has 1 atom stereocenters. The zero-order valence-electron chi connectivity index (χ0n) is 10.5. The van der Waals surface area contributed by atoms with Crippen LogP contribution in [-0.4, -0.2) is 17.9 Å². The molecule has 0 saturated heterocycles. The first-order chi connectivity index (χ1) is 8.21. The summed E-state index contributed by atoms with van der Waals surface area (Å²) in [6.45, 7) is 2.94. The molecule has 2 heteroatoms. The lowest BCUT2D eigenvalue weighted by Crippen LogP contribution is -2.51. The van der Waals surface area contributed by atoms with Gasteiger partial charge in [0.05, 0.1) is 5.54 Å². The third-order valence-corrected chi connectivity index (χ3v) is 3.72. The average molecular weight is 231 g/mol. The predicted octanol–water partition coefficient (Wildman–Crippen LogP) is 2.72. The van der Waals surface area contributed by atoms with Crippen LogP contribution in [0, 0.1) is 0 Å². The molecule has 17 heavy (non-hydrogen) atoms. The van der Waals surface area contributed by atoms with E-state index in [-0.39, 0.29) is 5.54 Å². The van der Waals surface area contributed by atoms with Crippen LogP contribution in [0.3, 0.4) is 0 Å². The zero-order valence-corrected chi connectivity index (χ0v) is 10.5. The molecule has 1 aliphatic carbocycles. The minimum Gasteiger partial charge on any atom is -0.305 e. The van der Waals surface area contributed by atoms with E-state index in [2.05, 4.69) is 36.5 Å². The van der Waals surface area contributed by atoms with Gasteiger partial charge in [-0.05, 0) is 31.7 Å². The molecule has 1 unspecified atom stereocenters. The summed E-state index contributed by atoms with van der Waals surface area (Å²) in [6, 6.07) is 10.4. The number of Topliss-reactive ketones (excluding diaryl/α,β-unsaturated/α-hetero) is 1. The van der Waals surface area contributed by atoms with Gasteiger partial charge in [-0.25, -0.2) is 0 Å². The van der Waals surface area contributed by atoms with Crippen molar-refractivity contribution in [1.82, 2.24) is 5.32 Å². The summed E-state index contributed by atoms with van der Waals surface area (Å²) < 4.78 is 0. The number of hydrogen-bond acceptors (Lipinski definition) is 2. The SMILES string of the molecule is CC1(NCCc2ccccc2)CCCCC1=O. The molecule has 92 valence electrons. The molecule has 1 aromatic carbocycles. The van der Waals surface area contributed by atoms with Gasteiger partial charge in [0.2, 0.25) is 0 Å². The second kappa shape index (κ2) is 5.46. The largest absolute Gasteiger partial charge is 0.305 e. The fourth-order valence-corrected chi connectivity index (χ4v) is 2.49. The van der Waals surface area contributed by atoms with Crippen LogP contribution in [0.4, 0.5) is 0 Å². The van der Waals surface area contributed by atoms with E-state index in [0.29, 0.717) is 5.78 Å². The summed E-state index contributed by atoms with van der Waals surface area (Å²) in [5.41, 5.74) is 1.05. The van der Waals surface area contributed by atoms with Crippen molar-refractivity contribution < 1.29 is 4.79 Å². The van der Waals surface area contributed by atoms with Crippen molar-refractivity contribution in [2.24, 2.45) is 0 Å². The van der Waals surface area contributed by atoms with Gasteiger partial charge in [0.15, 0.2) is 5.78 Å². The Morgan fingerprint density at radius 2 is 2.00 bits per heavy atom. The number of carbonyl (C=O) groups excluding carboxylic acids is 1. The van der Waals surface area contributed by atoms with Crippen LogP contribution in [0.15, 0.2) is 30.3 Å². The summed E-state index contributed by atoms with van der Waals surface area (Å²) >= 11 is 0. The smallest absolute Gasteiger partial charge is 0.152 e. The van der Waals surface area contributed by atoms with E-state index in [1.165, 1.54) is 12.0 Å². The van der Waals surface area contributed by atoms with Crippen molar-refractivity contribution in [2.75, 3.05) is 6.54 Å². The van der Waals surface area contributed by atoms with Crippen LogP contribution >= 0.6 is 0 Å². The molecule has 0 amide bonds. The van der Waals surface area contributed by atoms with Crippen molar-refractivity contribution in [3.05, 3.63) is 35.9 Å². The van der Waals surface area contributed by atoms with Crippen molar-refractivity contribution in [3.63, 3.8) is 0 Å². The molecule has 0 bridgehead atoms. The first-order valence-electron chi connectivity index (χ1n) is 6.53. The maximum atomic E-state index is 11.9. The summed E-state index contributed by atoms with van der Waals surface area (Å²) in [4.78, 5) is 11.9. The average Bonchev–Trinajstić information content (AvgIpc) is 2.35. The van der Waals surface area contributed by atoms with Gasteiger partial charge < -0.3 is 5.32 Å². The topological polar surface area (TPSA) is 29.1 Å². The van der Waals surface area contributed by atoms with Crippen LogP contribution in [0.2, 0.25) is 0 Å². The standard InChI is InChI=1S/C15H21NO/c1-15(11-6-5-9-14(15)17)16-12-10-13-7-3-2-4-8-13/h2-4,7-8,16H,5-6,9-12H2,1H3. The van der Waals surface area contributed by atoms with Crippen LogP contribution in [-0.2, 0) is 11.2 Å². The third kappa shape index (κ3) is 3.16. The van der Waals surface area contributed by atoms with Gasteiger partial charge in [-0.15, -0.1) is 0 Å². The van der Waals surface area contributed by atoms with Crippen LogP contribution in [0.1, 0.15) is 38.2 Å². The van der Waals surface area contributed by atoms with Gasteiger partial charge >= 0.3 is 0 Å². The summed E-state index contributed by atoms with van der Waals surface area (Å²) in [5, 5.41) is 3.45. The maximum absolute atomic E-state index is 11.9. The van der Waals surface area contributed by atoms with E-state index in [1.54, 1.807) is 0 Å². The number of carbonyl (C=O) groups is 1. The molecule has 1 aliphatic rings. The van der Waals surface area contributed by atoms with E-state index in [4.69, 9.17) is 0 Å². The van der Waals surface area contributed by atoms with Crippen LogP contribution in [0.25, 0.3) is 0 Å². The molecule has 0 spiro atoms. The number of rotatable bonds is 4. The second-order valence-corrected chi connectivity index (χ2v) is 5.12. The van der Waals surface area contributed by atoms with Gasteiger partial charge in [0, 0.05) is 13.0 Å². The maximum Gasteiger partial charge on any atom is 0.152 e. The highest BCUT2D eigenvalue weighted by Gasteiger charge is 2.33. The highest BCUT2D eigenvalue weighted by atomic mass is 16.1. The Bertz CT molecular complexity index is 374. The molecule has 1 fully saturated rings. The highest BCUT2D eigenvalue weighted by molar-refractivity contribution is 5.88. The molecule has 0 radical (unpaired) electrons. The van der Waals surface area contributed by atoms with Crippen LogP contribution in [0.5, 0.6) is 0 Å². The Labute approximate surface area is 103 Å². The van der Waals surface area contributed by atoms with Gasteiger partial charge in [-0.1, -0.05) is 36.8 Å². The van der Waals surface area contributed by atoms with Crippen LogP contribution < -0.4 is 5.32 Å². The van der Waals surface area contributed by atoms with E-state index in [1.807, 2.05) is 6.07 Å². The first kappa shape index (κ1) is 12.3. The molecular weight excluding hydrogens is 210 g/mol. The van der Waals surface area contributed by atoms with E-state index < -0.39 is 0 Å². The third-order valence-electron chi connectivity index (χ3n) is 3.72. The number of nitrogens with one attached hydrogen (secondary N) is 1. The predicted molar refractivity (Wildman–Crippen MR) is 70.0 cm³/mol. The second-order valence-electron chi connectivity index (χ2n) is 5.12. The summed E-state index contributed by atoms with van der Waals surface area (Å²) in [6.07, 6.45) is 4.95. The van der Waals surface area contributed by atoms with Crippen molar-refractivity contribution >= 4 is 5.78 Å². The van der Waals surface area contributed by atoms with Crippen molar-refractivity contribution in [1.29, 1.82) is 0 Å². The summed E-state index contributed by atoms with van der Waals surface area (Å²) in [5.74, 6) is 0.386. The normalized spacial score (nSPS) is 24.9. The quantitative estimate of drug-likeness (QED) is 0.863. The first-order valence-corrected chi connectivity index (χ1v) is 6.53. The van der Waals surface area contributed by atoms with E-state index in [9.17, 15) is 4.79 Å². The lowest BCUT2D eigenvalue weighted by Gasteiger charge is -2.33. The van der Waals surface area contributed by atoms with Gasteiger partial charge in [0.1, 0.15) is 0 Å². The fraction of sp³-hybridized carbons (Fsp3) is 0.533. The zero-order chi connectivity index (χ0) is 12.1. The van der Waals surface area contributed by atoms with Gasteiger partial charge in [-0.2, -0.15) is 0 Å². The number of ketones is 1. The van der Waals surface area contributed by atoms with E-state index >= 15 is 0 Å². The Kier molecular flexibility index (Phi) is 3.95. The Balaban J connectivity index is 1.83. The molecule has 2 nitrogen and oxygen atoms in total. The lowest BCUT2D eigenvalue weighted by molar-refractivity contribution is -0.126. The molecule has 0 aromatic heterocycles. The molecular formula is C15H21NO. The lowest BCUT2D eigenvalue weighted by atomic mass is 9.82. The Morgan fingerprint density at radius 1 is 1.24 bits per heavy atom.